The van der Waals surface area contributed by atoms with Gasteiger partial charge < -0.3 is 10.6 Å². The van der Waals surface area contributed by atoms with E-state index >= 15 is 0 Å². The van der Waals surface area contributed by atoms with Crippen LogP contribution in [0.1, 0.15) is 38.5 Å². The Balaban J connectivity index is 0.00000180. The van der Waals surface area contributed by atoms with E-state index in [1.165, 1.54) is 0 Å². The zero-order valence-electron chi connectivity index (χ0n) is 10.6. The molecule has 112 valence electrons. The maximum absolute atomic E-state index is 11.9. The predicted octanol–water partition coefficient (Wildman–Crippen LogP) is 2.40. The van der Waals surface area contributed by atoms with Crippen molar-refractivity contribution < 1.29 is 18.0 Å². The third-order valence-corrected chi connectivity index (χ3v) is 3.78. The van der Waals surface area contributed by atoms with Crippen LogP contribution < -0.4 is 10.6 Å². The molecule has 1 amide bonds. The van der Waals surface area contributed by atoms with Crippen LogP contribution in [-0.4, -0.2) is 30.7 Å². The highest BCUT2D eigenvalue weighted by Gasteiger charge is 2.34. The van der Waals surface area contributed by atoms with Crippen LogP contribution in [0.2, 0.25) is 0 Å². The molecule has 3 nitrogen and oxygen atoms in total. The average Bonchev–Trinajstić information content (AvgIpc) is 2.56. The summed E-state index contributed by atoms with van der Waals surface area (Å²) in [6.45, 7) is -0.305. The Morgan fingerprint density at radius 3 is 2.32 bits per heavy atom. The Kier molecular flexibility index (Phi) is 5.92. The van der Waals surface area contributed by atoms with Gasteiger partial charge in [-0.3, -0.25) is 4.79 Å². The van der Waals surface area contributed by atoms with Gasteiger partial charge in [-0.1, -0.05) is 0 Å². The van der Waals surface area contributed by atoms with Crippen molar-refractivity contribution in [3.8, 4) is 0 Å². The van der Waals surface area contributed by atoms with E-state index in [1.54, 1.807) is 0 Å². The van der Waals surface area contributed by atoms with Gasteiger partial charge in [0.15, 0.2) is 0 Å². The number of halogens is 4. The number of hydrogen-bond acceptors (Lipinski definition) is 2. The molecule has 0 radical (unpaired) electrons. The highest BCUT2D eigenvalue weighted by Crippen LogP contribution is 2.32. The topological polar surface area (TPSA) is 41.1 Å². The second kappa shape index (κ2) is 6.79. The maximum atomic E-state index is 11.9. The highest BCUT2D eigenvalue weighted by atomic mass is 35.5. The average molecular weight is 301 g/mol. The zero-order valence-corrected chi connectivity index (χ0v) is 11.4. The Morgan fingerprint density at radius 2 is 1.79 bits per heavy atom. The van der Waals surface area contributed by atoms with Gasteiger partial charge in [-0.05, 0) is 31.6 Å². The zero-order chi connectivity index (χ0) is 13.2. The third kappa shape index (κ3) is 5.57. The van der Waals surface area contributed by atoms with E-state index in [9.17, 15) is 18.0 Å². The molecule has 7 heteroatoms. The molecule has 2 unspecified atom stereocenters. The molecule has 2 N–H and O–H groups in total. The lowest BCUT2D eigenvalue weighted by Gasteiger charge is -2.28. The van der Waals surface area contributed by atoms with Crippen LogP contribution in [0.3, 0.4) is 0 Å². The van der Waals surface area contributed by atoms with Gasteiger partial charge in [0.2, 0.25) is 5.91 Å². The van der Waals surface area contributed by atoms with Crippen LogP contribution in [0.5, 0.6) is 0 Å². The first kappa shape index (κ1) is 16.6. The third-order valence-electron chi connectivity index (χ3n) is 3.78. The normalized spacial score (nSPS) is 29.7. The van der Waals surface area contributed by atoms with E-state index < -0.39 is 12.6 Å². The molecule has 0 saturated carbocycles. The van der Waals surface area contributed by atoms with E-state index in [1.807, 2.05) is 0 Å². The van der Waals surface area contributed by atoms with E-state index in [0.717, 1.165) is 25.7 Å². The molecule has 2 rings (SSSR count). The van der Waals surface area contributed by atoms with Crippen molar-refractivity contribution in [2.75, 3.05) is 6.54 Å². The summed E-state index contributed by atoms with van der Waals surface area (Å²) in [6.07, 6.45) is -0.496. The minimum atomic E-state index is -4.19. The molecule has 2 saturated heterocycles. The number of carbonyl (C=O) groups excluding carboxylic acids is 1. The summed E-state index contributed by atoms with van der Waals surface area (Å²) < 4.78 is 35.7. The van der Waals surface area contributed by atoms with Gasteiger partial charge in [-0.2, -0.15) is 13.2 Å². The van der Waals surface area contributed by atoms with Gasteiger partial charge in [0, 0.05) is 25.0 Å². The molecular weight excluding hydrogens is 281 g/mol. The fraction of sp³-hybridized carbons (Fsp3) is 0.917. The Hall–Kier alpha value is -0.490. The Labute approximate surface area is 117 Å². The summed E-state index contributed by atoms with van der Waals surface area (Å²) in [5.74, 6) is 0.0835. The van der Waals surface area contributed by atoms with Gasteiger partial charge in [-0.25, -0.2) is 0 Å². The van der Waals surface area contributed by atoms with Crippen molar-refractivity contribution in [3.05, 3.63) is 0 Å². The molecule has 19 heavy (non-hydrogen) atoms. The molecule has 0 spiro atoms. The van der Waals surface area contributed by atoms with Gasteiger partial charge in [0.05, 0.1) is 6.42 Å². The monoisotopic (exact) mass is 300 g/mol. The number of nitrogens with one attached hydrogen (secondary N) is 2. The van der Waals surface area contributed by atoms with Gasteiger partial charge in [-0.15, -0.1) is 12.4 Å². The second-order valence-electron chi connectivity index (χ2n) is 5.39. The van der Waals surface area contributed by atoms with Crippen LogP contribution in [-0.2, 0) is 4.79 Å². The first-order valence-electron chi connectivity index (χ1n) is 6.52. The number of alkyl halides is 3. The summed E-state index contributed by atoms with van der Waals surface area (Å²) in [5, 5.41) is 5.83. The van der Waals surface area contributed by atoms with E-state index in [-0.39, 0.29) is 24.9 Å². The predicted molar refractivity (Wildman–Crippen MR) is 68.2 cm³/mol. The highest BCUT2D eigenvalue weighted by molar-refractivity contribution is 5.85. The standard InChI is InChI=1S/C12H19F3N2O.ClH/c13-12(14,15)3-4-16-11(18)7-8-5-9-1-2-10(6-8)17-9;/h8-10,17H,1-7H2,(H,16,18);1H. The van der Waals surface area contributed by atoms with Crippen molar-refractivity contribution in [2.24, 2.45) is 5.92 Å². The number of piperidine rings is 1. The quantitative estimate of drug-likeness (QED) is 0.837. The van der Waals surface area contributed by atoms with E-state index in [2.05, 4.69) is 10.6 Å². The fourth-order valence-electron chi connectivity index (χ4n) is 3.02. The molecule has 2 aliphatic rings. The lowest BCUT2D eigenvalue weighted by molar-refractivity contribution is -0.135. The summed E-state index contributed by atoms with van der Waals surface area (Å²) in [4.78, 5) is 11.5. The molecule has 0 aromatic rings. The molecular formula is C12H20ClF3N2O. The van der Waals surface area contributed by atoms with Crippen LogP contribution in [0.15, 0.2) is 0 Å². The SMILES string of the molecule is Cl.O=C(CC1CC2CCC(C1)N2)NCCC(F)(F)F. The van der Waals surface area contributed by atoms with Crippen molar-refractivity contribution in [1.29, 1.82) is 0 Å². The smallest absolute Gasteiger partial charge is 0.356 e. The molecule has 2 atom stereocenters. The number of hydrogen-bond donors (Lipinski definition) is 2. The summed E-state index contributed by atoms with van der Waals surface area (Å²) in [6, 6.07) is 1.02. The largest absolute Gasteiger partial charge is 0.390 e. The van der Waals surface area contributed by atoms with Crippen LogP contribution in [0.25, 0.3) is 0 Å². The van der Waals surface area contributed by atoms with Crippen LogP contribution in [0.4, 0.5) is 13.2 Å². The molecule has 2 aliphatic heterocycles. The van der Waals surface area contributed by atoms with Crippen molar-refractivity contribution in [3.63, 3.8) is 0 Å². The number of amides is 1. The van der Waals surface area contributed by atoms with Gasteiger partial charge in [0.1, 0.15) is 0 Å². The molecule has 2 fully saturated rings. The van der Waals surface area contributed by atoms with Crippen molar-refractivity contribution in [2.45, 2.75) is 56.8 Å². The van der Waals surface area contributed by atoms with Crippen molar-refractivity contribution in [1.82, 2.24) is 10.6 Å². The van der Waals surface area contributed by atoms with E-state index in [4.69, 9.17) is 0 Å². The summed E-state index contributed by atoms with van der Waals surface area (Å²) in [5.41, 5.74) is 0. The fourth-order valence-corrected chi connectivity index (χ4v) is 3.02. The number of fused-ring (bicyclic) bond motifs is 2. The molecule has 2 bridgehead atoms. The summed E-state index contributed by atoms with van der Waals surface area (Å²) >= 11 is 0. The Morgan fingerprint density at radius 1 is 1.21 bits per heavy atom. The molecule has 2 heterocycles. The second-order valence-corrected chi connectivity index (χ2v) is 5.39. The minimum Gasteiger partial charge on any atom is -0.356 e. The van der Waals surface area contributed by atoms with Crippen molar-refractivity contribution >= 4 is 18.3 Å². The number of rotatable bonds is 4. The van der Waals surface area contributed by atoms with Crippen LogP contribution in [0, 0.1) is 5.92 Å². The Bertz CT molecular complexity index is 300. The lowest BCUT2D eigenvalue weighted by atomic mass is 9.89. The van der Waals surface area contributed by atoms with Gasteiger partial charge >= 0.3 is 6.18 Å². The van der Waals surface area contributed by atoms with Crippen LogP contribution >= 0.6 is 12.4 Å². The number of carbonyl (C=O) groups is 1. The summed E-state index contributed by atoms with van der Waals surface area (Å²) in [7, 11) is 0. The lowest BCUT2D eigenvalue weighted by Crippen LogP contribution is -2.40. The van der Waals surface area contributed by atoms with E-state index in [0.29, 0.717) is 24.4 Å². The molecule has 0 aromatic carbocycles. The molecule has 0 aromatic heterocycles. The first-order valence-corrected chi connectivity index (χ1v) is 6.52. The molecule has 0 aliphatic carbocycles. The van der Waals surface area contributed by atoms with Gasteiger partial charge in [0.25, 0.3) is 0 Å². The first-order chi connectivity index (χ1) is 8.42. The maximum Gasteiger partial charge on any atom is 0.390 e. The minimum absolute atomic E-state index is 0.